The van der Waals surface area contributed by atoms with Crippen molar-refractivity contribution in [1.29, 1.82) is 0 Å². The molecule has 1 fully saturated rings. The number of rotatable bonds is 5. The highest BCUT2D eigenvalue weighted by atomic mass is 16.6. The molecule has 0 radical (unpaired) electrons. The predicted octanol–water partition coefficient (Wildman–Crippen LogP) is 1.15. The van der Waals surface area contributed by atoms with Gasteiger partial charge >= 0.3 is 5.97 Å². The Morgan fingerprint density at radius 1 is 1.60 bits per heavy atom. The van der Waals surface area contributed by atoms with Crippen molar-refractivity contribution in [3.8, 4) is 0 Å². The number of carbonyl (C=O) groups is 2. The van der Waals surface area contributed by atoms with Crippen molar-refractivity contribution in [2.24, 2.45) is 5.92 Å². The molecule has 1 aliphatic heterocycles. The maximum atomic E-state index is 12.0. The van der Waals surface area contributed by atoms with Gasteiger partial charge in [0.15, 0.2) is 11.9 Å². The maximum Gasteiger partial charge on any atom is 0.311 e. The van der Waals surface area contributed by atoms with Crippen LogP contribution in [0.3, 0.4) is 0 Å². The van der Waals surface area contributed by atoms with Crippen LogP contribution in [0, 0.1) is 5.92 Å². The van der Waals surface area contributed by atoms with Gasteiger partial charge in [-0.05, 0) is 19.8 Å². The van der Waals surface area contributed by atoms with Crippen LogP contribution in [0.25, 0.3) is 0 Å². The molecule has 0 aromatic carbocycles. The third-order valence-corrected chi connectivity index (χ3v) is 3.20. The first-order valence-corrected chi connectivity index (χ1v) is 6.89. The Kier molecular flexibility index (Phi) is 4.70. The molecule has 1 saturated heterocycles. The van der Waals surface area contributed by atoms with Gasteiger partial charge in [0.2, 0.25) is 5.91 Å². The largest absolute Gasteiger partial charge is 0.452 e. The summed E-state index contributed by atoms with van der Waals surface area (Å²) in [6.45, 7) is 4.05. The van der Waals surface area contributed by atoms with Gasteiger partial charge in [0.25, 0.3) is 5.89 Å². The van der Waals surface area contributed by atoms with Crippen LogP contribution in [0.4, 0.5) is 0 Å². The van der Waals surface area contributed by atoms with E-state index in [0.29, 0.717) is 31.1 Å². The van der Waals surface area contributed by atoms with Crippen LogP contribution in [-0.2, 0) is 20.7 Å². The molecule has 1 amide bonds. The molecule has 20 heavy (non-hydrogen) atoms. The molecule has 2 atom stereocenters. The molecule has 2 rings (SSSR count). The summed E-state index contributed by atoms with van der Waals surface area (Å²) in [6.07, 6.45) is 1.96. The van der Waals surface area contributed by atoms with Crippen LogP contribution < -0.4 is 5.32 Å². The summed E-state index contributed by atoms with van der Waals surface area (Å²) in [5.74, 6) is 0.265. The number of esters is 1. The van der Waals surface area contributed by atoms with Crippen molar-refractivity contribution in [2.75, 3.05) is 6.54 Å². The smallest absolute Gasteiger partial charge is 0.311 e. The number of nitrogens with one attached hydrogen (secondary N) is 1. The molecule has 7 nitrogen and oxygen atoms in total. The number of ether oxygens (including phenoxy) is 1. The Labute approximate surface area is 117 Å². The van der Waals surface area contributed by atoms with E-state index >= 15 is 0 Å². The molecule has 0 bridgehead atoms. The van der Waals surface area contributed by atoms with Gasteiger partial charge < -0.3 is 14.6 Å². The number of hydrogen-bond donors (Lipinski definition) is 1. The SMILES string of the molecule is CCCc1noc([C@@H](C)OC(=O)[C@H]2CCC(=O)NC2)n1. The lowest BCUT2D eigenvalue weighted by Gasteiger charge is -2.21. The van der Waals surface area contributed by atoms with Crippen molar-refractivity contribution >= 4 is 11.9 Å². The molecule has 1 N–H and O–H groups in total. The first-order valence-electron chi connectivity index (χ1n) is 6.89. The molecule has 1 aliphatic rings. The molecule has 1 aromatic rings. The van der Waals surface area contributed by atoms with Crippen molar-refractivity contribution < 1.29 is 18.8 Å². The standard InChI is InChI=1S/C13H19N3O4/c1-3-4-10-15-12(20-16-10)8(2)19-13(18)9-5-6-11(17)14-7-9/h8-9H,3-7H2,1-2H3,(H,14,17)/t8-,9+/m1/s1. The van der Waals surface area contributed by atoms with Crippen LogP contribution >= 0.6 is 0 Å². The number of carbonyl (C=O) groups excluding carboxylic acids is 2. The molecule has 0 unspecified atom stereocenters. The molecule has 0 saturated carbocycles. The molecule has 0 spiro atoms. The van der Waals surface area contributed by atoms with Gasteiger partial charge in [0.1, 0.15) is 0 Å². The van der Waals surface area contributed by atoms with E-state index in [9.17, 15) is 9.59 Å². The Hall–Kier alpha value is -1.92. The zero-order chi connectivity index (χ0) is 14.5. The van der Waals surface area contributed by atoms with Gasteiger partial charge in [-0.15, -0.1) is 0 Å². The zero-order valence-electron chi connectivity index (χ0n) is 11.7. The fourth-order valence-corrected chi connectivity index (χ4v) is 2.01. The normalized spacial score (nSPS) is 20.3. The van der Waals surface area contributed by atoms with E-state index in [1.807, 2.05) is 6.92 Å². The van der Waals surface area contributed by atoms with Gasteiger partial charge in [-0.1, -0.05) is 12.1 Å². The number of aryl methyl sites for hydroxylation is 1. The Morgan fingerprint density at radius 2 is 2.40 bits per heavy atom. The maximum absolute atomic E-state index is 12.0. The number of hydrogen-bond acceptors (Lipinski definition) is 6. The molecule has 0 aliphatic carbocycles. The van der Waals surface area contributed by atoms with Gasteiger partial charge in [0.05, 0.1) is 5.92 Å². The average molecular weight is 281 g/mol. The molecule has 7 heteroatoms. The summed E-state index contributed by atoms with van der Waals surface area (Å²) >= 11 is 0. The van der Waals surface area contributed by atoms with Crippen molar-refractivity contribution in [2.45, 2.75) is 45.6 Å². The van der Waals surface area contributed by atoms with Crippen molar-refractivity contribution in [3.63, 3.8) is 0 Å². The number of amides is 1. The fourth-order valence-electron chi connectivity index (χ4n) is 2.01. The summed E-state index contributed by atoms with van der Waals surface area (Å²) in [6, 6.07) is 0. The monoisotopic (exact) mass is 281 g/mol. The van der Waals surface area contributed by atoms with Crippen LogP contribution in [0.15, 0.2) is 4.52 Å². The van der Waals surface area contributed by atoms with E-state index in [0.717, 1.165) is 12.8 Å². The third kappa shape index (κ3) is 3.55. The first kappa shape index (κ1) is 14.5. The van der Waals surface area contributed by atoms with Gasteiger partial charge in [-0.2, -0.15) is 4.98 Å². The van der Waals surface area contributed by atoms with Crippen molar-refractivity contribution in [1.82, 2.24) is 15.5 Å². The second-order valence-corrected chi connectivity index (χ2v) is 4.92. The number of piperidine rings is 1. The molecule has 1 aromatic heterocycles. The minimum absolute atomic E-state index is 0.0248. The van der Waals surface area contributed by atoms with Crippen LogP contribution in [0.1, 0.15) is 50.9 Å². The van der Waals surface area contributed by atoms with E-state index in [4.69, 9.17) is 9.26 Å². The Balaban J connectivity index is 1.88. The minimum Gasteiger partial charge on any atom is -0.452 e. The highest BCUT2D eigenvalue weighted by Crippen LogP contribution is 2.20. The first-order chi connectivity index (χ1) is 9.60. The lowest BCUT2D eigenvalue weighted by atomic mass is 9.99. The second-order valence-electron chi connectivity index (χ2n) is 4.92. The predicted molar refractivity (Wildman–Crippen MR) is 68.5 cm³/mol. The van der Waals surface area contributed by atoms with Gasteiger partial charge in [0, 0.05) is 19.4 Å². The summed E-state index contributed by atoms with van der Waals surface area (Å²) in [5.41, 5.74) is 0. The molecular formula is C13H19N3O4. The topological polar surface area (TPSA) is 94.3 Å². The third-order valence-electron chi connectivity index (χ3n) is 3.20. The average Bonchev–Trinajstić information content (AvgIpc) is 2.88. The summed E-state index contributed by atoms with van der Waals surface area (Å²) in [4.78, 5) is 27.2. The second kappa shape index (κ2) is 6.49. The van der Waals surface area contributed by atoms with E-state index in [2.05, 4.69) is 15.5 Å². The Bertz CT molecular complexity index is 476. The van der Waals surface area contributed by atoms with E-state index in [1.54, 1.807) is 6.92 Å². The minimum atomic E-state index is -0.571. The molecule has 110 valence electrons. The highest BCUT2D eigenvalue weighted by Gasteiger charge is 2.28. The van der Waals surface area contributed by atoms with E-state index in [-0.39, 0.29) is 17.8 Å². The van der Waals surface area contributed by atoms with E-state index in [1.165, 1.54) is 0 Å². The lowest BCUT2D eigenvalue weighted by molar-refractivity contribution is -0.155. The highest BCUT2D eigenvalue weighted by molar-refractivity contribution is 5.81. The van der Waals surface area contributed by atoms with Crippen LogP contribution in [0.5, 0.6) is 0 Å². The summed E-state index contributed by atoms with van der Waals surface area (Å²) < 4.78 is 10.4. The van der Waals surface area contributed by atoms with E-state index < -0.39 is 6.10 Å². The summed E-state index contributed by atoms with van der Waals surface area (Å²) in [5, 5.41) is 6.48. The van der Waals surface area contributed by atoms with Crippen molar-refractivity contribution in [3.05, 3.63) is 11.7 Å². The van der Waals surface area contributed by atoms with Crippen LogP contribution in [0.2, 0.25) is 0 Å². The van der Waals surface area contributed by atoms with Crippen LogP contribution in [-0.4, -0.2) is 28.6 Å². The number of aromatic nitrogens is 2. The van der Waals surface area contributed by atoms with Gasteiger partial charge in [-0.25, -0.2) is 0 Å². The summed E-state index contributed by atoms with van der Waals surface area (Å²) in [7, 11) is 0. The Morgan fingerprint density at radius 3 is 3.05 bits per heavy atom. The molecular weight excluding hydrogens is 262 g/mol. The van der Waals surface area contributed by atoms with Gasteiger partial charge in [-0.3, -0.25) is 9.59 Å². The quantitative estimate of drug-likeness (QED) is 0.814. The number of nitrogens with zero attached hydrogens (tertiary/aromatic N) is 2. The lowest BCUT2D eigenvalue weighted by Crippen LogP contribution is -2.39. The fraction of sp³-hybridized carbons (Fsp3) is 0.692. The molecule has 2 heterocycles. The zero-order valence-corrected chi connectivity index (χ0v) is 11.7.